The molecule has 2 aromatic rings. The molecule has 0 heterocycles. The maximum absolute atomic E-state index is 5.98. The molecule has 0 radical (unpaired) electrons. The fraction of sp³-hybridized carbons (Fsp3) is 0.429. The number of halogens is 1. The Bertz CT molecular complexity index is 749. The number of hydrogen-bond acceptors (Lipinski definition) is 5. The summed E-state index contributed by atoms with van der Waals surface area (Å²) in [6, 6.07) is 9.98. The van der Waals surface area contributed by atoms with Gasteiger partial charge in [-0.2, -0.15) is 0 Å². The molecule has 0 saturated carbocycles. The Morgan fingerprint density at radius 2 is 1.63 bits per heavy atom. The number of rotatable bonds is 10. The van der Waals surface area contributed by atoms with E-state index in [0.29, 0.717) is 6.54 Å². The van der Waals surface area contributed by atoms with Gasteiger partial charge < -0.3 is 24.3 Å². The van der Waals surface area contributed by atoms with Gasteiger partial charge in [0.25, 0.3) is 0 Å². The van der Waals surface area contributed by atoms with Crippen molar-refractivity contribution >= 4 is 15.9 Å². The van der Waals surface area contributed by atoms with Gasteiger partial charge in [0, 0.05) is 16.6 Å². The smallest absolute Gasteiger partial charge is 0.166 e. The summed E-state index contributed by atoms with van der Waals surface area (Å²) in [4.78, 5) is 0. The molecule has 0 bridgehead atoms. The van der Waals surface area contributed by atoms with E-state index in [4.69, 9.17) is 18.9 Å². The van der Waals surface area contributed by atoms with Gasteiger partial charge in [-0.3, -0.25) is 0 Å². The van der Waals surface area contributed by atoms with E-state index >= 15 is 0 Å². The van der Waals surface area contributed by atoms with E-state index in [2.05, 4.69) is 33.4 Å². The molecule has 0 saturated heterocycles. The molecule has 6 heteroatoms. The summed E-state index contributed by atoms with van der Waals surface area (Å²) in [5.74, 6) is 3.01. The lowest BCUT2D eigenvalue weighted by Gasteiger charge is -2.18. The molecule has 27 heavy (non-hydrogen) atoms. The van der Waals surface area contributed by atoms with Crippen LogP contribution in [-0.2, 0) is 13.0 Å². The first-order chi connectivity index (χ1) is 13.0. The Balaban J connectivity index is 2.01. The topological polar surface area (TPSA) is 49.0 Å². The quantitative estimate of drug-likeness (QED) is 0.550. The van der Waals surface area contributed by atoms with Crippen molar-refractivity contribution in [2.45, 2.75) is 32.9 Å². The van der Waals surface area contributed by atoms with Crippen LogP contribution in [0.2, 0.25) is 0 Å². The zero-order valence-corrected chi connectivity index (χ0v) is 18.2. The van der Waals surface area contributed by atoms with Gasteiger partial charge in [0.2, 0.25) is 0 Å². The summed E-state index contributed by atoms with van der Waals surface area (Å²) in [5, 5.41) is 3.48. The first-order valence-electron chi connectivity index (χ1n) is 8.93. The second kappa shape index (κ2) is 10.4. The minimum absolute atomic E-state index is 0.0746. The molecular formula is C21H28BrNO4. The second-order valence-corrected chi connectivity index (χ2v) is 7.29. The van der Waals surface area contributed by atoms with Gasteiger partial charge in [-0.15, -0.1) is 0 Å². The van der Waals surface area contributed by atoms with E-state index < -0.39 is 0 Å². The molecule has 2 aromatic carbocycles. The van der Waals surface area contributed by atoms with Crippen molar-refractivity contribution in [3.8, 4) is 23.0 Å². The van der Waals surface area contributed by atoms with Crippen LogP contribution in [0.15, 0.2) is 34.8 Å². The third kappa shape index (κ3) is 6.04. The van der Waals surface area contributed by atoms with Crippen molar-refractivity contribution in [1.82, 2.24) is 5.32 Å². The number of methoxy groups -OCH3 is 3. The third-order valence-corrected chi connectivity index (χ3v) is 4.48. The van der Waals surface area contributed by atoms with Crippen molar-refractivity contribution in [3.05, 3.63) is 45.9 Å². The highest BCUT2D eigenvalue weighted by molar-refractivity contribution is 9.10. The van der Waals surface area contributed by atoms with Gasteiger partial charge in [-0.1, -0.05) is 22.0 Å². The second-order valence-electron chi connectivity index (χ2n) is 6.38. The third-order valence-electron chi connectivity index (χ3n) is 4.02. The van der Waals surface area contributed by atoms with Gasteiger partial charge in [0.05, 0.1) is 27.4 Å². The standard InChI is InChI=1S/C21H28BrNO4/c1-14(2)27-21-16(11-17(22)12-20(21)26-5)13-23-9-8-15-6-7-18(24-3)19(10-15)25-4/h6-7,10-12,14,23H,8-9,13H2,1-5H3. The molecule has 0 spiro atoms. The molecular weight excluding hydrogens is 410 g/mol. The van der Waals surface area contributed by atoms with Crippen LogP contribution in [0.4, 0.5) is 0 Å². The Labute approximate surface area is 170 Å². The lowest BCUT2D eigenvalue weighted by Crippen LogP contribution is -2.18. The van der Waals surface area contributed by atoms with E-state index in [0.717, 1.165) is 46.0 Å². The number of hydrogen-bond donors (Lipinski definition) is 1. The van der Waals surface area contributed by atoms with Gasteiger partial charge in [0.15, 0.2) is 23.0 Å². The first-order valence-corrected chi connectivity index (χ1v) is 9.72. The number of ether oxygens (including phenoxy) is 4. The van der Waals surface area contributed by atoms with Crippen molar-refractivity contribution in [1.29, 1.82) is 0 Å². The van der Waals surface area contributed by atoms with E-state index in [-0.39, 0.29) is 6.10 Å². The number of benzene rings is 2. The van der Waals surface area contributed by atoms with E-state index in [9.17, 15) is 0 Å². The van der Waals surface area contributed by atoms with Gasteiger partial charge in [-0.25, -0.2) is 0 Å². The monoisotopic (exact) mass is 437 g/mol. The summed E-state index contributed by atoms with van der Waals surface area (Å²) in [6.07, 6.45) is 0.955. The van der Waals surface area contributed by atoms with Crippen molar-refractivity contribution in [3.63, 3.8) is 0 Å². The molecule has 0 aliphatic heterocycles. The maximum atomic E-state index is 5.98. The molecule has 148 valence electrons. The van der Waals surface area contributed by atoms with Crippen LogP contribution in [0, 0.1) is 0 Å². The molecule has 0 amide bonds. The Kier molecular flexibility index (Phi) is 8.25. The summed E-state index contributed by atoms with van der Waals surface area (Å²) in [7, 11) is 4.95. The molecule has 0 unspecified atom stereocenters. The van der Waals surface area contributed by atoms with Crippen LogP contribution in [0.5, 0.6) is 23.0 Å². The zero-order valence-electron chi connectivity index (χ0n) is 16.6. The van der Waals surface area contributed by atoms with Crippen LogP contribution >= 0.6 is 15.9 Å². The highest BCUT2D eigenvalue weighted by atomic mass is 79.9. The van der Waals surface area contributed by atoms with Crippen LogP contribution < -0.4 is 24.3 Å². The fourth-order valence-corrected chi connectivity index (χ4v) is 3.25. The first kappa shape index (κ1) is 21.4. The summed E-state index contributed by atoms with van der Waals surface area (Å²) in [6.45, 7) is 5.53. The Morgan fingerprint density at radius 3 is 2.26 bits per heavy atom. The molecule has 0 aromatic heterocycles. The Morgan fingerprint density at radius 1 is 0.926 bits per heavy atom. The van der Waals surface area contributed by atoms with Crippen LogP contribution in [0.1, 0.15) is 25.0 Å². The summed E-state index contributed by atoms with van der Waals surface area (Å²) >= 11 is 3.54. The summed E-state index contributed by atoms with van der Waals surface area (Å²) < 4.78 is 23.1. The Hall–Kier alpha value is -1.92. The van der Waals surface area contributed by atoms with Gasteiger partial charge in [0.1, 0.15) is 0 Å². The predicted octanol–water partition coefficient (Wildman–Crippen LogP) is 4.59. The molecule has 0 fully saturated rings. The van der Waals surface area contributed by atoms with Crippen molar-refractivity contribution < 1.29 is 18.9 Å². The minimum Gasteiger partial charge on any atom is -0.493 e. The normalized spacial score (nSPS) is 10.8. The SMILES string of the molecule is COc1ccc(CCNCc2cc(Br)cc(OC)c2OC(C)C)cc1OC. The van der Waals surface area contributed by atoms with Gasteiger partial charge >= 0.3 is 0 Å². The molecule has 5 nitrogen and oxygen atoms in total. The van der Waals surface area contributed by atoms with Gasteiger partial charge in [-0.05, 0) is 56.6 Å². The zero-order chi connectivity index (χ0) is 19.8. The van der Waals surface area contributed by atoms with Crippen molar-refractivity contribution in [2.24, 2.45) is 0 Å². The molecule has 0 atom stereocenters. The number of nitrogens with one attached hydrogen (secondary N) is 1. The predicted molar refractivity (Wildman–Crippen MR) is 111 cm³/mol. The van der Waals surface area contributed by atoms with E-state index in [1.807, 2.05) is 32.0 Å². The van der Waals surface area contributed by atoms with Crippen LogP contribution in [0.3, 0.4) is 0 Å². The average Bonchev–Trinajstić information content (AvgIpc) is 2.66. The van der Waals surface area contributed by atoms with E-state index in [1.54, 1.807) is 21.3 Å². The fourth-order valence-electron chi connectivity index (χ4n) is 2.77. The van der Waals surface area contributed by atoms with Crippen LogP contribution in [-0.4, -0.2) is 34.0 Å². The lowest BCUT2D eigenvalue weighted by molar-refractivity contribution is 0.227. The average molecular weight is 438 g/mol. The summed E-state index contributed by atoms with van der Waals surface area (Å²) in [5.41, 5.74) is 2.24. The molecule has 0 aliphatic rings. The lowest BCUT2D eigenvalue weighted by atomic mass is 10.1. The maximum Gasteiger partial charge on any atom is 0.166 e. The minimum atomic E-state index is 0.0746. The van der Waals surface area contributed by atoms with E-state index in [1.165, 1.54) is 5.56 Å². The molecule has 0 aliphatic carbocycles. The van der Waals surface area contributed by atoms with Crippen molar-refractivity contribution in [2.75, 3.05) is 27.9 Å². The molecule has 2 rings (SSSR count). The van der Waals surface area contributed by atoms with Crippen LogP contribution in [0.25, 0.3) is 0 Å². The molecule has 1 N–H and O–H groups in total. The highest BCUT2D eigenvalue weighted by Gasteiger charge is 2.14. The largest absolute Gasteiger partial charge is 0.493 e. The highest BCUT2D eigenvalue weighted by Crippen LogP contribution is 2.35.